The second-order valence-electron chi connectivity index (χ2n) is 7.25. The highest BCUT2D eigenvalue weighted by atomic mass is 31.2. The molecule has 0 fully saturated rings. The second-order valence-corrected chi connectivity index (χ2v) is 8.49. The van der Waals surface area contributed by atoms with Crippen LogP contribution in [0.2, 0.25) is 0 Å². The Morgan fingerprint density at radius 3 is 2.03 bits per heavy atom. The molecule has 0 bridgehead atoms. The smallest absolute Gasteiger partial charge is 0.465 e. The molecule has 0 radical (unpaired) electrons. The number of ether oxygens (including phenoxy) is 1. The summed E-state index contributed by atoms with van der Waals surface area (Å²) < 4.78 is 20.5. The van der Waals surface area contributed by atoms with Gasteiger partial charge in [-0.3, -0.25) is 9.32 Å². The number of carbonyl (C=O) groups is 1. The van der Waals surface area contributed by atoms with Crippen molar-refractivity contribution in [3.63, 3.8) is 0 Å². The molecule has 1 aliphatic rings. The van der Waals surface area contributed by atoms with Gasteiger partial charge in [0.1, 0.15) is 6.61 Å². The van der Waals surface area contributed by atoms with Crippen molar-refractivity contribution in [1.29, 1.82) is 0 Å². The van der Waals surface area contributed by atoms with Gasteiger partial charge in [0.25, 0.3) is 0 Å². The molecule has 0 atom stereocenters. The van der Waals surface area contributed by atoms with Gasteiger partial charge < -0.3 is 14.5 Å². The van der Waals surface area contributed by atoms with E-state index < -0.39 is 7.82 Å². The quantitative estimate of drug-likeness (QED) is 0.310. The first-order chi connectivity index (χ1) is 14.0. The Bertz CT molecular complexity index is 830. The lowest BCUT2D eigenvalue weighted by molar-refractivity contribution is -0.144. The van der Waals surface area contributed by atoms with Gasteiger partial charge in [0, 0.05) is 12.3 Å². The molecule has 0 saturated carbocycles. The molecule has 1 aliphatic carbocycles. The number of rotatable bonds is 11. The zero-order valence-corrected chi connectivity index (χ0v) is 17.2. The summed E-state index contributed by atoms with van der Waals surface area (Å²) in [6.45, 7) is 0.406. The van der Waals surface area contributed by atoms with Crippen LogP contribution < -0.4 is 0 Å². The maximum absolute atomic E-state index is 12.1. The number of unbranched alkanes of at least 4 members (excludes halogenated alkanes) is 4. The van der Waals surface area contributed by atoms with E-state index in [-0.39, 0.29) is 18.5 Å². The van der Waals surface area contributed by atoms with Crippen molar-refractivity contribution in [2.45, 2.75) is 44.4 Å². The predicted octanol–water partition coefficient (Wildman–Crippen LogP) is 4.79. The van der Waals surface area contributed by atoms with Crippen molar-refractivity contribution in [2.24, 2.45) is 0 Å². The number of hydrogen-bond acceptors (Lipinski definition) is 4. The first-order valence-corrected chi connectivity index (χ1v) is 11.5. The fraction of sp³-hybridized carbons (Fsp3) is 0.409. The highest BCUT2D eigenvalue weighted by Crippen LogP contribution is 2.44. The highest BCUT2D eigenvalue weighted by Gasteiger charge is 2.28. The lowest BCUT2D eigenvalue weighted by Gasteiger charge is -2.14. The van der Waals surface area contributed by atoms with Crippen LogP contribution in [0.4, 0.5) is 0 Å². The van der Waals surface area contributed by atoms with Crippen LogP contribution in [0.5, 0.6) is 0 Å². The second kappa shape index (κ2) is 10.2. The molecule has 0 aliphatic heterocycles. The first-order valence-electron chi connectivity index (χ1n) is 9.99. The highest BCUT2D eigenvalue weighted by molar-refractivity contribution is 7.46. The number of hydrogen-bond donors (Lipinski definition) is 2. The van der Waals surface area contributed by atoms with Gasteiger partial charge in [0.2, 0.25) is 0 Å². The minimum Gasteiger partial charge on any atom is -0.465 e. The van der Waals surface area contributed by atoms with Crippen molar-refractivity contribution >= 4 is 13.8 Å². The zero-order valence-electron chi connectivity index (χ0n) is 16.3. The van der Waals surface area contributed by atoms with Crippen molar-refractivity contribution < 1.29 is 28.4 Å². The van der Waals surface area contributed by atoms with Crippen LogP contribution in [-0.4, -0.2) is 29.0 Å². The van der Waals surface area contributed by atoms with E-state index >= 15 is 0 Å². The summed E-state index contributed by atoms with van der Waals surface area (Å²) in [5, 5.41) is 0. The third kappa shape index (κ3) is 6.25. The molecule has 6 nitrogen and oxygen atoms in total. The fourth-order valence-corrected chi connectivity index (χ4v) is 4.14. The normalized spacial score (nSPS) is 13.2. The molecular formula is C22H27O6P. The molecule has 0 heterocycles. The van der Waals surface area contributed by atoms with Crippen molar-refractivity contribution in [3.8, 4) is 11.1 Å². The lowest BCUT2D eigenvalue weighted by atomic mass is 9.98. The largest absolute Gasteiger partial charge is 0.469 e. The number of benzene rings is 2. The topological polar surface area (TPSA) is 93.1 Å². The molecule has 0 unspecified atom stereocenters. The van der Waals surface area contributed by atoms with Crippen LogP contribution in [0.3, 0.4) is 0 Å². The summed E-state index contributed by atoms with van der Waals surface area (Å²) in [6, 6.07) is 16.5. The Labute approximate surface area is 171 Å². The number of fused-ring (bicyclic) bond motifs is 3. The molecule has 2 aromatic rings. The van der Waals surface area contributed by atoms with E-state index in [4.69, 9.17) is 14.5 Å². The van der Waals surface area contributed by atoms with E-state index in [0.717, 1.165) is 25.7 Å². The molecular weight excluding hydrogens is 391 g/mol. The van der Waals surface area contributed by atoms with Crippen LogP contribution in [0.1, 0.15) is 55.6 Å². The van der Waals surface area contributed by atoms with E-state index in [0.29, 0.717) is 19.4 Å². The molecule has 2 aromatic carbocycles. The number of carbonyl (C=O) groups excluding carboxylic acids is 1. The fourth-order valence-electron chi connectivity index (χ4n) is 3.77. The van der Waals surface area contributed by atoms with Crippen LogP contribution in [0.15, 0.2) is 48.5 Å². The molecule has 7 heteroatoms. The van der Waals surface area contributed by atoms with Gasteiger partial charge in [0.05, 0.1) is 6.61 Å². The summed E-state index contributed by atoms with van der Waals surface area (Å²) in [7, 11) is -4.36. The summed E-state index contributed by atoms with van der Waals surface area (Å²) in [6.07, 6.45) is 4.30. The lowest BCUT2D eigenvalue weighted by Crippen LogP contribution is -2.12. The summed E-state index contributed by atoms with van der Waals surface area (Å²) >= 11 is 0. The molecule has 3 rings (SSSR count). The molecule has 29 heavy (non-hydrogen) atoms. The van der Waals surface area contributed by atoms with E-state index in [1.54, 1.807) is 0 Å². The van der Waals surface area contributed by atoms with Crippen LogP contribution in [0, 0.1) is 0 Å². The molecule has 0 saturated heterocycles. The monoisotopic (exact) mass is 418 g/mol. The summed E-state index contributed by atoms with van der Waals surface area (Å²) in [5.74, 6) is -0.0999. The molecule has 0 spiro atoms. The number of phosphoric acid groups is 1. The van der Waals surface area contributed by atoms with Crippen LogP contribution in [0.25, 0.3) is 11.1 Å². The maximum atomic E-state index is 12.1. The Morgan fingerprint density at radius 2 is 1.41 bits per heavy atom. The van der Waals surface area contributed by atoms with Crippen LogP contribution in [-0.2, 0) is 18.6 Å². The van der Waals surface area contributed by atoms with Crippen LogP contribution >= 0.6 is 7.82 Å². The number of esters is 1. The zero-order chi connectivity index (χ0) is 20.7. The van der Waals surface area contributed by atoms with Gasteiger partial charge >= 0.3 is 13.8 Å². The third-order valence-electron chi connectivity index (χ3n) is 5.16. The van der Waals surface area contributed by atoms with E-state index in [1.165, 1.54) is 22.3 Å². The van der Waals surface area contributed by atoms with Gasteiger partial charge in [-0.25, -0.2) is 4.57 Å². The molecule has 2 N–H and O–H groups in total. The minimum absolute atomic E-state index is 0.0522. The average Bonchev–Trinajstić information content (AvgIpc) is 3.01. The first kappa shape index (κ1) is 21.7. The van der Waals surface area contributed by atoms with E-state index in [2.05, 4.69) is 28.8 Å². The van der Waals surface area contributed by atoms with Gasteiger partial charge in [-0.05, 0) is 35.1 Å². The van der Waals surface area contributed by atoms with Crippen molar-refractivity contribution in [1.82, 2.24) is 0 Å². The SMILES string of the molecule is O=C(CCCCCCCOP(=O)(O)O)OCC1c2ccccc2-c2ccccc21. The molecule has 0 amide bonds. The van der Waals surface area contributed by atoms with Gasteiger partial charge in [-0.15, -0.1) is 0 Å². The van der Waals surface area contributed by atoms with Crippen molar-refractivity contribution in [2.75, 3.05) is 13.2 Å². The Kier molecular flexibility index (Phi) is 7.62. The summed E-state index contributed by atoms with van der Waals surface area (Å²) in [4.78, 5) is 29.3. The van der Waals surface area contributed by atoms with Gasteiger partial charge in [-0.2, -0.15) is 0 Å². The van der Waals surface area contributed by atoms with Gasteiger partial charge in [-0.1, -0.05) is 67.8 Å². The van der Waals surface area contributed by atoms with Crippen molar-refractivity contribution in [3.05, 3.63) is 59.7 Å². The maximum Gasteiger partial charge on any atom is 0.469 e. The average molecular weight is 418 g/mol. The standard InChI is InChI=1S/C22H27O6P/c23-22(14-4-2-1-3-9-15-28-29(24,25)26)27-16-21-19-12-7-5-10-17(19)18-11-6-8-13-20(18)21/h5-8,10-13,21H,1-4,9,14-16H2,(H2,24,25,26). The number of phosphoric ester groups is 1. The van der Waals surface area contributed by atoms with Gasteiger partial charge in [0.15, 0.2) is 0 Å². The molecule has 0 aromatic heterocycles. The third-order valence-corrected chi connectivity index (χ3v) is 5.68. The Morgan fingerprint density at radius 1 is 0.862 bits per heavy atom. The predicted molar refractivity (Wildman–Crippen MR) is 110 cm³/mol. The van der Waals surface area contributed by atoms with E-state index in [1.807, 2.05) is 24.3 Å². The Hall–Kier alpha value is -1.98. The molecule has 156 valence electrons. The van der Waals surface area contributed by atoms with E-state index in [9.17, 15) is 9.36 Å². The Balaban J connectivity index is 1.37. The summed E-state index contributed by atoms with van der Waals surface area (Å²) in [5.41, 5.74) is 4.84. The minimum atomic E-state index is -4.36.